The number of carbonyl (C=O) groups excluding carboxylic acids is 1. The first kappa shape index (κ1) is 16.3. The highest BCUT2D eigenvalue weighted by molar-refractivity contribution is 6.07. The zero-order chi connectivity index (χ0) is 17.1. The second-order valence-electron chi connectivity index (χ2n) is 5.98. The summed E-state index contributed by atoms with van der Waals surface area (Å²) in [7, 11) is 0. The second-order valence-corrected chi connectivity index (χ2v) is 5.98. The lowest BCUT2D eigenvalue weighted by molar-refractivity contribution is 0.102. The van der Waals surface area contributed by atoms with E-state index < -0.39 is 0 Å². The van der Waals surface area contributed by atoms with E-state index in [1.807, 2.05) is 38.1 Å². The number of carbonyl (C=O) groups is 1. The number of rotatable bonds is 4. The Morgan fingerprint density at radius 3 is 2.83 bits per heavy atom. The van der Waals surface area contributed by atoms with E-state index in [-0.39, 0.29) is 11.5 Å². The van der Waals surface area contributed by atoms with Crippen LogP contribution >= 0.6 is 0 Å². The van der Waals surface area contributed by atoms with Crippen LogP contribution in [-0.2, 0) is 13.0 Å². The van der Waals surface area contributed by atoms with Crippen LogP contribution in [0.15, 0.2) is 35.1 Å². The molecule has 0 saturated heterocycles. The summed E-state index contributed by atoms with van der Waals surface area (Å²) in [5.41, 5.74) is 2.93. The molecule has 24 heavy (non-hydrogen) atoms. The zero-order valence-electron chi connectivity index (χ0n) is 14.1. The lowest BCUT2D eigenvalue weighted by Crippen LogP contribution is -2.31. The number of nitrogens with one attached hydrogen (secondary N) is 1. The monoisotopic (exact) mass is 326 g/mol. The molecule has 1 aromatic heterocycles. The Morgan fingerprint density at radius 2 is 2.08 bits per heavy atom. The van der Waals surface area contributed by atoms with Crippen molar-refractivity contribution < 1.29 is 9.53 Å². The summed E-state index contributed by atoms with van der Waals surface area (Å²) in [5, 5.41) is 2.96. The fourth-order valence-electron chi connectivity index (χ4n) is 3.15. The van der Waals surface area contributed by atoms with Crippen molar-refractivity contribution in [1.82, 2.24) is 4.57 Å². The number of nitrogens with zero attached hydrogens (tertiary/aromatic N) is 1. The predicted octanol–water partition coefficient (Wildman–Crippen LogP) is 3.14. The molecular weight excluding hydrogens is 304 g/mol. The SMILES string of the molecule is CCOc1cc(=O)n2c(c1C(=O)Nc1ccccc1C)CCCC2. The van der Waals surface area contributed by atoms with Crippen molar-refractivity contribution in [2.45, 2.75) is 39.7 Å². The minimum absolute atomic E-state index is 0.0967. The van der Waals surface area contributed by atoms with Crippen molar-refractivity contribution in [3.63, 3.8) is 0 Å². The third kappa shape index (κ3) is 3.07. The van der Waals surface area contributed by atoms with E-state index in [2.05, 4.69) is 5.32 Å². The fourth-order valence-corrected chi connectivity index (χ4v) is 3.15. The highest BCUT2D eigenvalue weighted by Crippen LogP contribution is 2.26. The highest BCUT2D eigenvalue weighted by atomic mass is 16.5. The predicted molar refractivity (Wildman–Crippen MR) is 93.9 cm³/mol. The maximum absolute atomic E-state index is 12.9. The van der Waals surface area contributed by atoms with Gasteiger partial charge in [-0.1, -0.05) is 18.2 Å². The molecule has 1 amide bonds. The number of aryl methyl sites for hydroxylation is 1. The first-order valence-corrected chi connectivity index (χ1v) is 8.38. The number of hydrogen-bond donors (Lipinski definition) is 1. The van der Waals surface area contributed by atoms with Gasteiger partial charge in [-0.3, -0.25) is 9.59 Å². The van der Waals surface area contributed by atoms with E-state index in [0.29, 0.717) is 30.9 Å². The number of para-hydroxylation sites is 1. The van der Waals surface area contributed by atoms with Gasteiger partial charge >= 0.3 is 0 Å². The van der Waals surface area contributed by atoms with Crippen LogP contribution in [0.3, 0.4) is 0 Å². The van der Waals surface area contributed by atoms with Crippen LogP contribution < -0.4 is 15.6 Å². The number of benzene rings is 1. The van der Waals surface area contributed by atoms with Crippen LogP contribution in [0.4, 0.5) is 5.69 Å². The molecule has 126 valence electrons. The molecule has 5 heteroatoms. The third-order valence-electron chi connectivity index (χ3n) is 4.35. The first-order chi connectivity index (χ1) is 11.6. The summed E-state index contributed by atoms with van der Waals surface area (Å²) in [5.74, 6) is 0.153. The minimum atomic E-state index is -0.224. The molecule has 0 radical (unpaired) electrons. The number of hydrogen-bond acceptors (Lipinski definition) is 3. The van der Waals surface area contributed by atoms with E-state index in [1.54, 1.807) is 4.57 Å². The van der Waals surface area contributed by atoms with Gasteiger partial charge < -0.3 is 14.6 Å². The van der Waals surface area contributed by atoms with Crippen molar-refractivity contribution >= 4 is 11.6 Å². The topological polar surface area (TPSA) is 60.3 Å². The van der Waals surface area contributed by atoms with Gasteiger partial charge in [0.15, 0.2) is 0 Å². The summed E-state index contributed by atoms with van der Waals surface area (Å²) in [4.78, 5) is 25.2. The van der Waals surface area contributed by atoms with Crippen LogP contribution in [0, 0.1) is 6.92 Å². The van der Waals surface area contributed by atoms with E-state index in [1.165, 1.54) is 6.07 Å². The van der Waals surface area contributed by atoms with E-state index in [0.717, 1.165) is 29.8 Å². The van der Waals surface area contributed by atoms with Gasteiger partial charge in [-0.15, -0.1) is 0 Å². The fraction of sp³-hybridized carbons (Fsp3) is 0.368. The zero-order valence-corrected chi connectivity index (χ0v) is 14.1. The maximum Gasteiger partial charge on any atom is 0.261 e. The molecule has 2 aromatic rings. The van der Waals surface area contributed by atoms with Gasteiger partial charge in [0.2, 0.25) is 0 Å². The summed E-state index contributed by atoms with van der Waals surface area (Å²) < 4.78 is 7.31. The standard InChI is InChI=1S/C19H22N2O3/c1-3-24-16-12-17(22)21-11-7-6-10-15(21)18(16)19(23)20-14-9-5-4-8-13(14)2/h4-5,8-9,12H,3,6-7,10-11H2,1-2H3,(H,20,23). The Morgan fingerprint density at radius 1 is 1.29 bits per heavy atom. The molecule has 3 rings (SSSR count). The van der Waals surface area contributed by atoms with Crippen molar-refractivity contribution in [3.05, 3.63) is 57.5 Å². The number of amides is 1. The number of anilines is 1. The normalized spacial score (nSPS) is 13.2. The van der Waals surface area contributed by atoms with Gasteiger partial charge in [-0.05, 0) is 44.7 Å². The number of aromatic nitrogens is 1. The lowest BCUT2D eigenvalue weighted by Gasteiger charge is -2.23. The van der Waals surface area contributed by atoms with Gasteiger partial charge in [-0.25, -0.2) is 0 Å². The first-order valence-electron chi connectivity index (χ1n) is 8.38. The molecule has 0 atom stereocenters. The average Bonchev–Trinajstić information content (AvgIpc) is 2.57. The highest BCUT2D eigenvalue weighted by Gasteiger charge is 2.24. The minimum Gasteiger partial charge on any atom is -0.493 e. The van der Waals surface area contributed by atoms with Crippen LogP contribution in [-0.4, -0.2) is 17.1 Å². The molecule has 1 aliphatic rings. The van der Waals surface area contributed by atoms with Crippen molar-refractivity contribution in [2.24, 2.45) is 0 Å². The van der Waals surface area contributed by atoms with E-state index in [4.69, 9.17) is 4.74 Å². The lowest BCUT2D eigenvalue weighted by atomic mass is 10.0. The van der Waals surface area contributed by atoms with Crippen LogP contribution in [0.2, 0.25) is 0 Å². The van der Waals surface area contributed by atoms with Gasteiger partial charge in [0.05, 0.1) is 6.61 Å². The summed E-state index contributed by atoms with van der Waals surface area (Å²) in [6, 6.07) is 9.07. The molecule has 1 aromatic carbocycles. The van der Waals surface area contributed by atoms with E-state index >= 15 is 0 Å². The van der Waals surface area contributed by atoms with Gasteiger partial charge in [0, 0.05) is 24.0 Å². The summed E-state index contributed by atoms with van der Waals surface area (Å²) in [6.07, 6.45) is 2.64. The second kappa shape index (κ2) is 6.91. The van der Waals surface area contributed by atoms with Crippen LogP contribution in [0.25, 0.3) is 0 Å². The Kier molecular flexibility index (Phi) is 4.69. The van der Waals surface area contributed by atoms with Crippen LogP contribution in [0.5, 0.6) is 5.75 Å². The Balaban J connectivity index is 2.06. The van der Waals surface area contributed by atoms with Crippen LogP contribution in [0.1, 0.15) is 41.4 Å². The maximum atomic E-state index is 12.9. The molecule has 0 bridgehead atoms. The van der Waals surface area contributed by atoms with Gasteiger partial charge in [-0.2, -0.15) is 0 Å². The summed E-state index contributed by atoms with van der Waals surface area (Å²) >= 11 is 0. The third-order valence-corrected chi connectivity index (χ3v) is 4.35. The Bertz CT molecular complexity index is 824. The van der Waals surface area contributed by atoms with Crippen molar-refractivity contribution in [3.8, 4) is 5.75 Å². The molecule has 0 spiro atoms. The molecule has 2 heterocycles. The van der Waals surface area contributed by atoms with Crippen molar-refractivity contribution in [1.29, 1.82) is 0 Å². The molecule has 0 saturated carbocycles. The smallest absolute Gasteiger partial charge is 0.261 e. The van der Waals surface area contributed by atoms with Crippen molar-refractivity contribution in [2.75, 3.05) is 11.9 Å². The van der Waals surface area contributed by atoms with E-state index in [9.17, 15) is 9.59 Å². The molecule has 0 unspecified atom stereocenters. The number of pyridine rings is 1. The molecule has 0 fully saturated rings. The molecular formula is C19H22N2O3. The number of fused-ring (bicyclic) bond motifs is 1. The van der Waals surface area contributed by atoms with Gasteiger partial charge in [0.1, 0.15) is 11.3 Å². The molecule has 1 N–H and O–H groups in total. The Labute approximate surface area is 141 Å². The van der Waals surface area contributed by atoms with Gasteiger partial charge in [0.25, 0.3) is 11.5 Å². The molecule has 5 nitrogen and oxygen atoms in total. The molecule has 0 aliphatic carbocycles. The average molecular weight is 326 g/mol. The number of ether oxygens (including phenoxy) is 1. The molecule has 1 aliphatic heterocycles. The summed E-state index contributed by atoms with van der Waals surface area (Å²) in [6.45, 7) is 4.86. The largest absolute Gasteiger partial charge is 0.493 e. The Hall–Kier alpha value is -2.56. The quantitative estimate of drug-likeness (QED) is 0.939.